The van der Waals surface area contributed by atoms with Crippen LogP contribution in [0.25, 0.3) is 0 Å². The van der Waals surface area contributed by atoms with E-state index in [0.29, 0.717) is 40.7 Å². The van der Waals surface area contributed by atoms with E-state index in [2.05, 4.69) is 34.0 Å². The minimum atomic E-state index is -0.963. The van der Waals surface area contributed by atoms with E-state index < -0.39 is 11.4 Å². The molecule has 0 spiro atoms. The van der Waals surface area contributed by atoms with Crippen molar-refractivity contribution >= 4 is 34.8 Å². The van der Waals surface area contributed by atoms with Crippen molar-refractivity contribution in [2.24, 2.45) is 11.8 Å². The fraction of sp³-hybridized carbons (Fsp3) is 0.467. The molecule has 12 heteroatoms. The molecule has 4 aromatic rings. The van der Waals surface area contributed by atoms with Crippen LogP contribution in [-0.4, -0.2) is 47.3 Å². The fourth-order valence-electron chi connectivity index (χ4n) is 5.45. The Labute approximate surface area is 260 Å². The first-order valence-corrected chi connectivity index (χ1v) is 15.3. The standard InChI is InChI=1S/C15H17Cl2N3O2.C15H18ClN3O/c1-2-3-12-7-21-15(22-12,8-20-10-18-9-19-20)13-5-4-11(16)6-14(13)17;1-11(12-2-3-12)15(20,8-19-10-17-9-18-19)13-4-6-14(16)7-5-13/h4-6,9-10,12H,2-3,7-8H2,1H3;4-7,9-12,20H,2-3,8H2,1H3. The summed E-state index contributed by atoms with van der Waals surface area (Å²) in [5, 5.41) is 21.3. The molecule has 0 radical (unpaired) electrons. The van der Waals surface area contributed by atoms with Gasteiger partial charge in [-0.25, -0.2) is 19.3 Å². The average Bonchev–Trinajstić information content (AvgIpc) is 3.28. The van der Waals surface area contributed by atoms with Gasteiger partial charge in [0, 0.05) is 15.6 Å². The number of ether oxygens (including phenoxy) is 2. The Balaban J connectivity index is 0.000000169. The number of hydrogen-bond donors (Lipinski definition) is 1. The smallest absolute Gasteiger partial charge is 0.217 e. The van der Waals surface area contributed by atoms with E-state index >= 15 is 0 Å². The van der Waals surface area contributed by atoms with Crippen LogP contribution in [0.15, 0.2) is 67.8 Å². The summed E-state index contributed by atoms with van der Waals surface area (Å²) in [6.45, 7) is 5.56. The lowest BCUT2D eigenvalue weighted by molar-refractivity contribution is -0.189. The van der Waals surface area contributed by atoms with Crippen molar-refractivity contribution in [3.8, 4) is 0 Å². The molecule has 1 saturated heterocycles. The second-order valence-electron chi connectivity index (χ2n) is 11.0. The number of rotatable bonds is 10. The Morgan fingerprint density at radius 1 is 1.00 bits per heavy atom. The van der Waals surface area contributed by atoms with Gasteiger partial charge >= 0.3 is 0 Å². The summed E-state index contributed by atoms with van der Waals surface area (Å²) >= 11 is 18.3. The van der Waals surface area contributed by atoms with Crippen LogP contribution in [0.3, 0.4) is 0 Å². The van der Waals surface area contributed by atoms with E-state index in [4.69, 9.17) is 44.3 Å². The van der Waals surface area contributed by atoms with E-state index in [1.165, 1.54) is 25.5 Å². The molecule has 3 heterocycles. The zero-order valence-corrected chi connectivity index (χ0v) is 25.9. The minimum Gasteiger partial charge on any atom is -0.383 e. The molecule has 6 rings (SSSR count). The highest BCUT2D eigenvalue weighted by Crippen LogP contribution is 2.46. The molecule has 1 N–H and O–H groups in total. The lowest BCUT2D eigenvalue weighted by Crippen LogP contribution is -2.39. The SMILES string of the molecule is CC(C1CC1)C(O)(Cn1cncn1)c1ccc(Cl)cc1.CCCC1COC(Cn2cncn2)(c2ccc(Cl)cc2Cl)O1. The van der Waals surface area contributed by atoms with Crippen molar-refractivity contribution < 1.29 is 14.6 Å². The predicted molar refractivity (Wildman–Crippen MR) is 161 cm³/mol. The first-order valence-electron chi connectivity index (χ1n) is 14.1. The predicted octanol–water partition coefficient (Wildman–Crippen LogP) is 6.52. The summed E-state index contributed by atoms with van der Waals surface area (Å²) in [4.78, 5) is 7.92. The molecule has 2 fully saturated rings. The Hall–Kier alpha value is -2.53. The lowest BCUT2D eigenvalue weighted by Gasteiger charge is -2.35. The van der Waals surface area contributed by atoms with Crippen molar-refractivity contribution in [1.82, 2.24) is 29.5 Å². The van der Waals surface area contributed by atoms with Crippen LogP contribution in [-0.2, 0) is 34.0 Å². The molecule has 2 aromatic carbocycles. The average molecular weight is 634 g/mol. The van der Waals surface area contributed by atoms with Crippen LogP contribution in [0.2, 0.25) is 15.1 Å². The van der Waals surface area contributed by atoms with Crippen LogP contribution in [0.4, 0.5) is 0 Å². The zero-order valence-electron chi connectivity index (χ0n) is 23.6. The van der Waals surface area contributed by atoms with E-state index in [1.54, 1.807) is 34.2 Å². The van der Waals surface area contributed by atoms with Gasteiger partial charge < -0.3 is 14.6 Å². The number of aliphatic hydroxyl groups is 1. The molecular weight excluding hydrogens is 599 g/mol. The normalized spacial score (nSPS) is 22.3. The molecule has 1 saturated carbocycles. The maximum Gasteiger partial charge on any atom is 0.217 e. The van der Waals surface area contributed by atoms with Crippen LogP contribution in [0, 0.1) is 11.8 Å². The van der Waals surface area contributed by atoms with Crippen molar-refractivity contribution in [3.63, 3.8) is 0 Å². The molecule has 42 heavy (non-hydrogen) atoms. The maximum atomic E-state index is 11.3. The fourth-order valence-corrected chi connectivity index (χ4v) is 6.13. The molecule has 224 valence electrons. The third-order valence-corrected chi connectivity index (χ3v) is 8.74. The summed E-state index contributed by atoms with van der Waals surface area (Å²) in [7, 11) is 0. The second-order valence-corrected chi connectivity index (χ2v) is 12.2. The molecule has 1 aliphatic heterocycles. The highest BCUT2D eigenvalue weighted by Gasteiger charge is 2.46. The molecule has 0 amide bonds. The maximum absolute atomic E-state index is 11.3. The highest BCUT2D eigenvalue weighted by atomic mass is 35.5. The topological polar surface area (TPSA) is 100 Å². The monoisotopic (exact) mass is 632 g/mol. The Kier molecular flexibility index (Phi) is 9.87. The molecular formula is C30H35Cl3N6O3. The van der Waals surface area contributed by atoms with E-state index in [1.807, 2.05) is 30.3 Å². The zero-order chi connectivity index (χ0) is 29.7. The van der Waals surface area contributed by atoms with Crippen LogP contribution in [0.5, 0.6) is 0 Å². The second kappa shape index (κ2) is 13.4. The summed E-state index contributed by atoms with van der Waals surface area (Å²) in [6.07, 6.45) is 10.6. The number of benzene rings is 2. The van der Waals surface area contributed by atoms with Crippen molar-refractivity contribution in [2.75, 3.05) is 6.61 Å². The van der Waals surface area contributed by atoms with Gasteiger partial charge in [0.05, 0.1) is 24.3 Å². The molecule has 0 bridgehead atoms. The Morgan fingerprint density at radius 2 is 1.67 bits per heavy atom. The number of nitrogens with zero attached hydrogens (tertiary/aromatic N) is 6. The number of hydrogen-bond acceptors (Lipinski definition) is 7. The third-order valence-electron chi connectivity index (χ3n) is 7.94. The summed E-state index contributed by atoms with van der Waals surface area (Å²) < 4.78 is 15.6. The van der Waals surface area contributed by atoms with Gasteiger partial charge in [0.2, 0.25) is 5.79 Å². The summed E-state index contributed by atoms with van der Waals surface area (Å²) in [6, 6.07) is 12.8. The molecule has 1 aliphatic carbocycles. The van der Waals surface area contributed by atoms with Gasteiger partial charge in [-0.05, 0) is 60.9 Å². The molecule has 9 nitrogen and oxygen atoms in total. The van der Waals surface area contributed by atoms with Crippen LogP contribution in [0.1, 0.15) is 50.7 Å². The van der Waals surface area contributed by atoms with E-state index in [0.717, 1.165) is 24.0 Å². The lowest BCUT2D eigenvalue weighted by atomic mass is 9.79. The van der Waals surface area contributed by atoms with Crippen LogP contribution < -0.4 is 0 Å². The molecule has 2 aromatic heterocycles. The minimum absolute atomic E-state index is 0.0419. The van der Waals surface area contributed by atoms with Gasteiger partial charge in [-0.15, -0.1) is 0 Å². The van der Waals surface area contributed by atoms with Gasteiger partial charge in [-0.2, -0.15) is 10.2 Å². The van der Waals surface area contributed by atoms with Gasteiger partial charge in [-0.3, -0.25) is 0 Å². The summed E-state index contributed by atoms with van der Waals surface area (Å²) in [5.41, 5.74) is 0.698. The van der Waals surface area contributed by atoms with Crippen molar-refractivity contribution in [3.05, 3.63) is 94.0 Å². The number of halogens is 3. The Morgan fingerprint density at radius 3 is 2.26 bits per heavy atom. The third kappa shape index (κ3) is 7.15. The quantitative estimate of drug-likeness (QED) is 0.212. The van der Waals surface area contributed by atoms with Gasteiger partial charge in [0.15, 0.2) is 0 Å². The highest BCUT2D eigenvalue weighted by molar-refractivity contribution is 6.35. The molecule has 4 unspecified atom stereocenters. The van der Waals surface area contributed by atoms with E-state index in [9.17, 15) is 5.11 Å². The van der Waals surface area contributed by atoms with Gasteiger partial charge in [-0.1, -0.05) is 73.3 Å². The van der Waals surface area contributed by atoms with E-state index in [-0.39, 0.29) is 12.0 Å². The first-order chi connectivity index (χ1) is 20.2. The largest absolute Gasteiger partial charge is 0.383 e. The molecule has 4 atom stereocenters. The van der Waals surface area contributed by atoms with Gasteiger partial charge in [0.1, 0.15) is 37.5 Å². The van der Waals surface area contributed by atoms with Crippen molar-refractivity contribution in [1.29, 1.82) is 0 Å². The molecule has 2 aliphatic rings. The summed E-state index contributed by atoms with van der Waals surface area (Å²) in [5.74, 6) is -0.207. The van der Waals surface area contributed by atoms with Gasteiger partial charge in [0.25, 0.3) is 0 Å². The van der Waals surface area contributed by atoms with Crippen LogP contribution >= 0.6 is 34.8 Å². The number of aromatic nitrogens is 6. The Bertz CT molecular complexity index is 1420. The van der Waals surface area contributed by atoms with Crippen molar-refractivity contribution in [2.45, 2.75) is 70.1 Å². The first kappa shape index (κ1) is 30.9.